The van der Waals surface area contributed by atoms with Gasteiger partial charge in [-0.1, -0.05) is 104 Å². The van der Waals surface area contributed by atoms with E-state index in [9.17, 15) is 14.4 Å². The van der Waals surface area contributed by atoms with Crippen LogP contribution in [0.4, 0.5) is 4.79 Å². The van der Waals surface area contributed by atoms with Crippen molar-refractivity contribution in [1.29, 1.82) is 0 Å². The van der Waals surface area contributed by atoms with Crippen molar-refractivity contribution in [1.82, 2.24) is 25.5 Å². The predicted octanol–water partition coefficient (Wildman–Crippen LogP) is 5.58. The van der Waals surface area contributed by atoms with Crippen LogP contribution in [0.5, 0.6) is 0 Å². The molecule has 1 atom stereocenters. The van der Waals surface area contributed by atoms with E-state index in [4.69, 9.17) is 9.72 Å². The van der Waals surface area contributed by atoms with Gasteiger partial charge in [0, 0.05) is 32.1 Å². The summed E-state index contributed by atoms with van der Waals surface area (Å²) in [7, 11) is 0. The van der Waals surface area contributed by atoms with Gasteiger partial charge in [-0.05, 0) is 43.9 Å². The van der Waals surface area contributed by atoms with Crippen molar-refractivity contribution in [3.63, 3.8) is 0 Å². The minimum absolute atomic E-state index is 0.00838. The van der Waals surface area contributed by atoms with Crippen molar-refractivity contribution in [2.24, 2.45) is 0 Å². The van der Waals surface area contributed by atoms with Gasteiger partial charge in [0.05, 0.1) is 12.0 Å². The molecule has 0 fully saturated rings. The topological polar surface area (TPSA) is 114 Å². The first kappa shape index (κ1) is 34.0. The summed E-state index contributed by atoms with van der Waals surface area (Å²) in [5.41, 5.74) is 2.42. The molecule has 1 heterocycles. The lowest BCUT2D eigenvalue weighted by molar-refractivity contribution is -0.129. The fraction of sp³-hybridized carbons (Fsp3) is 0.351. The minimum atomic E-state index is -0.853. The molecule has 0 radical (unpaired) electrons. The van der Waals surface area contributed by atoms with Gasteiger partial charge in [0.25, 0.3) is 0 Å². The first-order valence-corrected chi connectivity index (χ1v) is 15.9. The summed E-state index contributed by atoms with van der Waals surface area (Å²) in [6.07, 6.45) is 5.08. The molecule has 0 aliphatic rings. The number of hydrogen-bond donors (Lipinski definition) is 3. The molecule has 242 valence electrons. The molecule has 0 aliphatic heterocycles. The smallest absolute Gasteiger partial charge is 0.407 e. The maximum atomic E-state index is 13.3. The molecule has 46 heavy (non-hydrogen) atoms. The number of hydrogen-bond acceptors (Lipinski definition) is 5. The van der Waals surface area contributed by atoms with Crippen LogP contribution in [0.3, 0.4) is 0 Å². The Morgan fingerprint density at radius 1 is 0.804 bits per heavy atom. The maximum absolute atomic E-state index is 13.3. The van der Waals surface area contributed by atoms with Crippen molar-refractivity contribution in [2.45, 2.75) is 70.6 Å². The zero-order valence-corrected chi connectivity index (χ0v) is 27.2. The lowest BCUT2D eigenvalue weighted by atomic mass is 9.77. The van der Waals surface area contributed by atoms with E-state index in [1.54, 1.807) is 27.1 Å². The molecular formula is C37H45N5O4. The van der Waals surface area contributed by atoms with Gasteiger partial charge in [-0.25, -0.2) is 9.78 Å². The van der Waals surface area contributed by atoms with Gasteiger partial charge in [0.15, 0.2) is 0 Å². The van der Waals surface area contributed by atoms with Gasteiger partial charge in [0.1, 0.15) is 17.2 Å². The number of ether oxygens (including phenoxy) is 1. The normalized spacial score (nSPS) is 12.2. The van der Waals surface area contributed by atoms with E-state index >= 15 is 0 Å². The van der Waals surface area contributed by atoms with E-state index in [-0.39, 0.29) is 31.2 Å². The van der Waals surface area contributed by atoms with Crippen molar-refractivity contribution in [3.05, 3.63) is 126 Å². The number of nitrogens with zero attached hydrogens (tertiary/aromatic N) is 2. The molecule has 4 aromatic rings. The first-order chi connectivity index (χ1) is 22.1. The van der Waals surface area contributed by atoms with Crippen LogP contribution in [-0.4, -0.2) is 52.2 Å². The summed E-state index contributed by atoms with van der Waals surface area (Å²) in [6.45, 7) is 7.95. The molecule has 0 spiro atoms. The molecule has 0 saturated heterocycles. The molecule has 3 N–H and O–H groups in total. The van der Waals surface area contributed by atoms with Gasteiger partial charge in [-0.15, -0.1) is 0 Å². The van der Waals surface area contributed by atoms with Crippen LogP contribution in [0, 0.1) is 0 Å². The van der Waals surface area contributed by atoms with Crippen LogP contribution >= 0.6 is 0 Å². The van der Waals surface area contributed by atoms with E-state index < -0.39 is 23.3 Å². The van der Waals surface area contributed by atoms with Crippen LogP contribution in [0.1, 0.15) is 69.3 Å². The summed E-state index contributed by atoms with van der Waals surface area (Å²) in [4.78, 5) is 43.0. The Kier molecular flexibility index (Phi) is 11.7. The zero-order chi connectivity index (χ0) is 33.0. The Morgan fingerprint density at radius 3 is 1.85 bits per heavy atom. The summed E-state index contributed by atoms with van der Waals surface area (Å²) in [5.74, 6) is -0.643. The number of nitrogens with one attached hydrogen (secondary N) is 3. The summed E-state index contributed by atoms with van der Waals surface area (Å²) < 4.78 is 7.33. The second-order valence-corrected chi connectivity index (χ2v) is 12.2. The molecule has 0 aliphatic carbocycles. The lowest BCUT2D eigenvalue weighted by Crippen LogP contribution is -2.48. The van der Waals surface area contributed by atoms with E-state index in [1.165, 1.54) is 0 Å². The van der Waals surface area contributed by atoms with Crippen LogP contribution < -0.4 is 16.0 Å². The van der Waals surface area contributed by atoms with Gasteiger partial charge < -0.3 is 25.3 Å². The number of alkyl carbamates (subject to hydrolysis) is 1. The molecular weight excluding hydrogens is 578 g/mol. The fourth-order valence-corrected chi connectivity index (χ4v) is 5.43. The second-order valence-electron chi connectivity index (χ2n) is 12.2. The lowest BCUT2D eigenvalue weighted by Gasteiger charge is -2.37. The monoisotopic (exact) mass is 623 g/mol. The van der Waals surface area contributed by atoms with Gasteiger partial charge >= 0.3 is 6.09 Å². The van der Waals surface area contributed by atoms with Crippen LogP contribution in [0.2, 0.25) is 0 Å². The third kappa shape index (κ3) is 8.84. The van der Waals surface area contributed by atoms with Crippen molar-refractivity contribution in [3.8, 4) is 0 Å². The average molecular weight is 624 g/mol. The largest absolute Gasteiger partial charge is 0.444 e. The van der Waals surface area contributed by atoms with Crippen LogP contribution in [0.25, 0.3) is 0 Å². The highest BCUT2D eigenvalue weighted by molar-refractivity contribution is 5.88. The Bertz CT molecular complexity index is 1450. The first-order valence-electron chi connectivity index (χ1n) is 15.9. The third-order valence-electron chi connectivity index (χ3n) is 7.51. The Labute approximate surface area is 271 Å². The van der Waals surface area contributed by atoms with Crippen molar-refractivity contribution >= 4 is 17.9 Å². The molecule has 9 nitrogen and oxygen atoms in total. The molecule has 9 heteroatoms. The fourth-order valence-electron chi connectivity index (χ4n) is 5.43. The number of amides is 3. The summed E-state index contributed by atoms with van der Waals surface area (Å²) in [6, 6.07) is 29.9. The quantitative estimate of drug-likeness (QED) is 0.125. The van der Waals surface area contributed by atoms with Gasteiger partial charge in [0.2, 0.25) is 11.8 Å². The molecule has 0 bridgehead atoms. The highest BCUT2D eigenvalue weighted by Crippen LogP contribution is 2.40. The maximum Gasteiger partial charge on any atom is 0.407 e. The van der Waals surface area contributed by atoms with Gasteiger partial charge in [-0.3, -0.25) is 9.59 Å². The minimum Gasteiger partial charge on any atom is -0.444 e. The highest BCUT2D eigenvalue weighted by atomic mass is 16.6. The summed E-state index contributed by atoms with van der Waals surface area (Å²) in [5, 5.41) is 8.40. The summed E-state index contributed by atoms with van der Waals surface area (Å²) >= 11 is 0. The Balaban J connectivity index is 1.62. The number of aromatic nitrogens is 2. The van der Waals surface area contributed by atoms with Crippen LogP contribution in [-0.2, 0) is 26.3 Å². The number of benzene rings is 3. The van der Waals surface area contributed by atoms with Crippen molar-refractivity contribution in [2.75, 3.05) is 13.1 Å². The van der Waals surface area contributed by atoms with E-state index in [0.29, 0.717) is 12.2 Å². The van der Waals surface area contributed by atoms with E-state index in [1.807, 2.05) is 67.7 Å². The standard InChI is InChI=1S/C37H45N5O4/c1-5-6-23-38-34(44)32(41-33(43)22-24-39-35(45)46-36(2,3)4)25-31-26-42(27-40-31)37(28-16-10-7-11-17-28,29-18-12-8-13-19-29)30-20-14-9-15-21-30/h7-21,26-27,32H,5-6,22-25H2,1-4H3,(H,38,44)(H,39,45)(H,41,43)/t32-/m0/s1. The van der Waals surface area contributed by atoms with Gasteiger partial charge in [-0.2, -0.15) is 0 Å². The zero-order valence-electron chi connectivity index (χ0n) is 27.2. The highest BCUT2D eigenvalue weighted by Gasteiger charge is 2.38. The number of rotatable bonds is 14. The number of unbranched alkanes of at least 4 members (excludes halogenated alkanes) is 1. The van der Waals surface area contributed by atoms with E-state index in [2.05, 4.69) is 56.9 Å². The third-order valence-corrected chi connectivity index (χ3v) is 7.51. The molecule has 4 rings (SSSR count). The van der Waals surface area contributed by atoms with Crippen LogP contribution in [0.15, 0.2) is 104 Å². The number of carbonyl (C=O) groups excluding carboxylic acids is 3. The average Bonchev–Trinajstić information content (AvgIpc) is 3.50. The number of carbonyl (C=O) groups is 3. The Hall–Kier alpha value is -4.92. The number of imidazole rings is 1. The molecule has 3 aromatic carbocycles. The Morgan fingerprint density at radius 2 is 1.35 bits per heavy atom. The molecule has 0 unspecified atom stereocenters. The predicted molar refractivity (Wildman–Crippen MR) is 179 cm³/mol. The second kappa shape index (κ2) is 15.9. The molecule has 3 amide bonds. The van der Waals surface area contributed by atoms with Crippen molar-refractivity contribution < 1.29 is 19.1 Å². The molecule has 1 aromatic heterocycles. The molecule has 0 saturated carbocycles. The SMILES string of the molecule is CCCCNC(=O)[C@H](Cc1cn(C(c2ccccc2)(c2ccccc2)c2ccccc2)cn1)NC(=O)CCNC(=O)OC(C)(C)C. The van der Waals surface area contributed by atoms with E-state index in [0.717, 1.165) is 29.5 Å².